The van der Waals surface area contributed by atoms with Crippen LogP contribution in [0.2, 0.25) is 0 Å². The van der Waals surface area contributed by atoms with Crippen LogP contribution in [0.3, 0.4) is 0 Å². The van der Waals surface area contributed by atoms with Crippen molar-refractivity contribution >= 4 is 11.9 Å². The Hall–Kier alpha value is -2.08. The molecule has 6 nitrogen and oxygen atoms in total. The molecule has 0 aliphatic heterocycles. The summed E-state index contributed by atoms with van der Waals surface area (Å²) in [4.78, 5) is 21.1. The summed E-state index contributed by atoms with van der Waals surface area (Å²) in [6.07, 6.45) is 0. The number of hydrogen-bond acceptors (Lipinski definition) is 4. The molecule has 5 N–H and O–H groups in total. The molecule has 1 aromatic carbocycles. The van der Waals surface area contributed by atoms with Gasteiger partial charge in [-0.3, -0.25) is 4.79 Å². The van der Waals surface area contributed by atoms with Gasteiger partial charge in [-0.1, -0.05) is 0 Å². The van der Waals surface area contributed by atoms with E-state index in [1.165, 1.54) is 0 Å². The quantitative estimate of drug-likeness (QED) is 0.565. The summed E-state index contributed by atoms with van der Waals surface area (Å²) in [5.74, 6) is -2.89. The second-order valence-electron chi connectivity index (χ2n) is 2.89. The Kier molecular flexibility index (Phi) is 2.91. The molecule has 0 aliphatic rings. The molecule has 6 heteroatoms. The molecule has 0 aliphatic carbocycles. The Labute approximate surface area is 84.6 Å². The lowest BCUT2D eigenvalue weighted by Gasteiger charge is -2.09. The standard InChI is InChI=1S/C9H9NO5/c10-7(9(14)15)5-3-4(8(12)13)1-2-6(5)11/h1-3,7,11H,10H2,(H,12,13)(H,14,15)/t7-/m1/s1. The summed E-state index contributed by atoms with van der Waals surface area (Å²) in [5.41, 5.74) is 5.01. The van der Waals surface area contributed by atoms with Crippen molar-refractivity contribution in [3.8, 4) is 5.75 Å². The fraction of sp³-hybridized carbons (Fsp3) is 0.111. The van der Waals surface area contributed by atoms with Crippen molar-refractivity contribution < 1.29 is 24.9 Å². The van der Waals surface area contributed by atoms with Crippen LogP contribution >= 0.6 is 0 Å². The van der Waals surface area contributed by atoms with Crippen LogP contribution in [0.1, 0.15) is 22.0 Å². The lowest BCUT2D eigenvalue weighted by Crippen LogP contribution is -2.21. The van der Waals surface area contributed by atoms with Gasteiger partial charge in [0.2, 0.25) is 0 Å². The third-order valence-electron chi connectivity index (χ3n) is 1.88. The lowest BCUT2D eigenvalue weighted by atomic mass is 10.0. The van der Waals surface area contributed by atoms with Crippen LogP contribution in [0, 0.1) is 0 Å². The number of hydrogen-bond donors (Lipinski definition) is 4. The van der Waals surface area contributed by atoms with E-state index in [0.717, 1.165) is 18.2 Å². The van der Waals surface area contributed by atoms with Crippen LogP contribution in [0.25, 0.3) is 0 Å². The van der Waals surface area contributed by atoms with Crippen molar-refractivity contribution in [1.29, 1.82) is 0 Å². The minimum Gasteiger partial charge on any atom is -0.508 e. The lowest BCUT2D eigenvalue weighted by molar-refractivity contribution is -0.138. The minimum atomic E-state index is -1.44. The molecular formula is C9H9NO5. The number of carbonyl (C=O) groups is 2. The van der Waals surface area contributed by atoms with Gasteiger partial charge in [-0.15, -0.1) is 0 Å². The van der Waals surface area contributed by atoms with Gasteiger partial charge in [-0.2, -0.15) is 0 Å². The highest BCUT2D eigenvalue weighted by molar-refractivity contribution is 5.89. The molecule has 1 aromatic rings. The molecule has 0 saturated heterocycles. The molecule has 15 heavy (non-hydrogen) atoms. The van der Waals surface area contributed by atoms with Gasteiger partial charge >= 0.3 is 11.9 Å². The molecule has 80 valence electrons. The van der Waals surface area contributed by atoms with Gasteiger partial charge in [0.05, 0.1) is 5.56 Å². The Morgan fingerprint density at radius 1 is 1.27 bits per heavy atom. The molecule has 0 amide bonds. The van der Waals surface area contributed by atoms with Crippen molar-refractivity contribution in [3.63, 3.8) is 0 Å². The fourth-order valence-electron chi connectivity index (χ4n) is 1.07. The van der Waals surface area contributed by atoms with Crippen molar-refractivity contribution in [2.45, 2.75) is 6.04 Å². The first-order chi connectivity index (χ1) is 6.93. The second kappa shape index (κ2) is 3.97. The number of phenolic OH excluding ortho intramolecular Hbond substituents is 1. The van der Waals surface area contributed by atoms with E-state index in [1.807, 2.05) is 0 Å². The number of rotatable bonds is 3. The predicted octanol–water partition coefficient (Wildman–Crippen LogP) is 0.175. The third kappa shape index (κ3) is 2.23. The van der Waals surface area contributed by atoms with Crippen molar-refractivity contribution in [1.82, 2.24) is 0 Å². The number of nitrogens with two attached hydrogens (primary N) is 1. The Bertz CT molecular complexity index is 415. The number of carboxylic acid groups (broad SMARTS) is 2. The van der Waals surface area contributed by atoms with Gasteiger partial charge in [0.15, 0.2) is 0 Å². The Morgan fingerprint density at radius 2 is 1.87 bits per heavy atom. The summed E-state index contributed by atoms with van der Waals surface area (Å²) >= 11 is 0. The average molecular weight is 211 g/mol. The zero-order valence-electron chi connectivity index (χ0n) is 7.54. The largest absolute Gasteiger partial charge is 0.508 e. The monoisotopic (exact) mass is 211 g/mol. The van der Waals surface area contributed by atoms with Crippen LogP contribution in [-0.2, 0) is 4.79 Å². The highest BCUT2D eigenvalue weighted by Gasteiger charge is 2.19. The van der Waals surface area contributed by atoms with Crippen molar-refractivity contribution in [2.24, 2.45) is 5.73 Å². The molecule has 0 fully saturated rings. The van der Waals surface area contributed by atoms with Crippen LogP contribution in [0.5, 0.6) is 5.75 Å². The van der Waals surface area contributed by atoms with Crippen molar-refractivity contribution in [2.75, 3.05) is 0 Å². The number of aliphatic carboxylic acids is 1. The molecule has 0 bridgehead atoms. The smallest absolute Gasteiger partial charge is 0.335 e. The van der Waals surface area contributed by atoms with E-state index >= 15 is 0 Å². The van der Waals surface area contributed by atoms with E-state index in [4.69, 9.17) is 15.9 Å². The first kappa shape index (κ1) is 11.0. The molecule has 1 atom stereocenters. The maximum atomic E-state index is 10.6. The summed E-state index contributed by atoms with van der Waals surface area (Å²) in [5, 5.41) is 26.6. The average Bonchev–Trinajstić information content (AvgIpc) is 2.16. The predicted molar refractivity (Wildman–Crippen MR) is 49.6 cm³/mol. The number of benzene rings is 1. The zero-order chi connectivity index (χ0) is 11.6. The van der Waals surface area contributed by atoms with E-state index in [0.29, 0.717) is 0 Å². The summed E-state index contributed by atoms with van der Waals surface area (Å²) in [6.45, 7) is 0. The van der Waals surface area contributed by atoms with Gasteiger partial charge in [-0.25, -0.2) is 4.79 Å². The first-order valence-corrected chi connectivity index (χ1v) is 3.98. The first-order valence-electron chi connectivity index (χ1n) is 3.98. The zero-order valence-corrected chi connectivity index (χ0v) is 7.54. The SMILES string of the molecule is N[C@@H](C(=O)O)c1cc(C(=O)O)ccc1O. The Balaban J connectivity index is 3.22. The molecule has 0 heterocycles. The summed E-state index contributed by atoms with van der Waals surface area (Å²) in [6, 6.07) is 1.86. The van der Waals surface area contributed by atoms with Crippen LogP contribution in [-0.4, -0.2) is 27.3 Å². The molecule has 0 radical (unpaired) electrons. The highest BCUT2D eigenvalue weighted by atomic mass is 16.4. The molecule has 0 aromatic heterocycles. The summed E-state index contributed by atoms with van der Waals surface area (Å²) < 4.78 is 0. The maximum absolute atomic E-state index is 10.6. The molecular weight excluding hydrogens is 202 g/mol. The van der Waals surface area contributed by atoms with Gasteiger partial charge in [0, 0.05) is 5.56 Å². The minimum absolute atomic E-state index is 0.123. The molecule has 0 unspecified atom stereocenters. The van der Waals surface area contributed by atoms with Gasteiger partial charge in [0.1, 0.15) is 11.8 Å². The van der Waals surface area contributed by atoms with E-state index in [1.54, 1.807) is 0 Å². The number of phenols is 1. The van der Waals surface area contributed by atoms with Gasteiger partial charge < -0.3 is 21.1 Å². The Morgan fingerprint density at radius 3 is 2.33 bits per heavy atom. The third-order valence-corrected chi connectivity index (χ3v) is 1.88. The molecule has 1 rings (SSSR count). The van der Waals surface area contributed by atoms with E-state index in [-0.39, 0.29) is 16.9 Å². The number of carboxylic acids is 2. The topological polar surface area (TPSA) is 121 Å². The maximum Gasteiger partial charge on any atom is 0.335 e. The number of aromatic hydroxyl groups is 1. The van der Waals surface area contributed by atoms with E-state index < -0.39 is 18.0 Å². The van der Waals surface area contributed by atoms with E-state index in [9.17, 15) is 14.7 Å². The van der Waals surface area contributed by atoms with Crippen LogP contribution in [0.4, 0.5) is 0 Å². The van der Waals surface area contributed by atoms with E-state index in [2.05, 4.69) is 0 Å². The van der Waals surface area contributed by atoms with Crippen LogP contribution < -0.4 is 5.73 Å². The summed E-state index contributed by atoms with van der Waals surface area (Å²) in [7, 11) is 0. The van der Waals surface area contributed by atoms with Crippen LogP contribution in [0.15, 0.2) is 18.2 Å². The normalized spacial score (nSPS) is 12.1. The van der Waals surface area contributed by atoms with Gasteiger partial charge in [-0.05, 0) is 18.2 Å². The van der Waals surface area contributed by atoms with Gasteiger partial charge in [0.25, 0.3) is 0 Å². The molecule has 0 spiro atoms. The second-order valence-corrected chi connectivity index (χ2v) is 2.89. The number of aromatic carboxylic acids is 1. The fourth-order valence-corrected chi connectivity index (χ4v) is 1.07. The molecule has 0 saturated carbocycles. The van der Waals surface area contributed by atoms with Crippen molar-refractivity contribution in [3.05, 3.63) is 29.3 Å². The highest BCUT2D eigenvalue weighted by Crippen LogP contribution is 2.24.